The van der Waals surface area contributed by atoms with E-state index in [0.717, 1.165) is 31.2 Å². The molecule has 0 unspecified atom stereocenters. The fraction of sp³-hybridized carbons (Fsp3) is 0.471. The van der Waals surface area contributed by atoms with Gasteiger partial charge in [0.2, 0.25) is 0 Å². The highest BCUT2D eigenvalue weighted by Gasteiger charge is 2.24. The highest BCUT2D eigenvalue weighted by Crippen LogP contribution is 2.37. The number of nitriles is 1. The van der Waals surface area contributed by atoms with Crippen molar-refractivity contribution in [2.24, 2.45) is 0 Å². The van der Waals surface area contributed by atoms with Crippen LogP contribution in [-0.2, 0) is 19.3 Å². The van der Waals surface area contributed by atoms with E-state index in [4.69, 9.17) is 4.52 Å². The number of anilines is 1. The van der Waals surface area contributed by atoms with Gasteiger partial charge >= 0.3 is 0 Å². The summed E-state index contributed by atoms with van der Waals surface area (Å²) in [7, 11) is 0. The van der Waals surface area contributed by atoms with Crippen LogP contribution in [0.5, 0.6) is 0 Å². The molecule has 2 aromatic rings. The Morgan fingerprint density at radius 3 is 2.91 bits per heavy atom. The van der Waals surface area contributed by atoms with Crippen molar-refractivity contribution in [3.05, 3.63) is 33.0 Å². The maximum Gasteiger partial charge on any atom is 0.261 e. The molecule has 0 aromatic carbocycles. The van der Waals surface area contributed by atoms with Crippen molar-refractivity contribution in [2.45, 2.75) is 52.4 Å². The van der Waals surface area contributed by atoms with Crippen LogP contribution in [0.4, 0.5) is 5.00 Å². The summed E-state index contributed by atoms with van der Waals surface area (Å²) in [4.78, 5) is 13.9. The topological polar surface area (TPSA) is 78.9 Å². The van der Waals surface area contributed by atoms with Crippen LogP contribution in [0.15, 0.2) is 4.52 Å². The minimum absolute atomic E-state index is 0.242. The van der Waals surface area contributed by atoms with Gasteiger partial charge in [-0.05, 0) is 44.6 Å². The molecule has 0 fully saturated rings. The molecule has 23 heavy (non-hydrogen) atoms. The van der Waals surface area contributed by atoms with Gasteiger partial charge in [-0.2, -0.15) is 5.26 Å². The summed E-state index contributed by atoms with van der Waals surface area (Å²) in [6.45, 7) is 3.66. The second-order valence-electron chi connectivity index (χ2n) is 5.75. The van der Waals surface area contributed by atoms with Crippen LogP contribution in [0, 0.1) is 18.3 Å². The molecule has 0 saturated heterocycles. The van der Waals surface area contributed by atoms with Crippen molar-refractivity contribution in [1.82, 2.24) is 5.16 Å². The summed E-state index contributed by atoms with van der Waals surface area (Å²) in [5.41, 5.74) is 2.90. The predicted molar refractivity (Wildman–Crippen MR) is 88.9 cm³/mol. The minimum Gasteiger partial charge on any atom is -0.361 e. The van der Waals surface area contributed by atoms with Crippen molar-refractivity contribution >= 4 is 22.2 Å². The third-order valence-electron chi connectivity index (χ3n) is 4.26. The van der Waals surface area contributed by atoms with Crippen LogP contribution >= 0.6 is 11.3 Å². The number of amides is 1. The maximum atomic E-state index is 12.6. The number of nitrogens with zero attached hydrogens (tertiary/aromatic N) is 2. The van der Waals surface area contributed by atoms with E-state index in [2.05, 4.69) is 16.5 Å². The van der Waals surface area contributed by atoms with Crippen LogP contribution in [0.2, 0.25) is 0 Å². The lowest BCUT2D eigenvalue weighted by Crippen LogP contribution is -2.14. The number of aryl methyl sites for hydroxylation is 3. The highest BCUT2D eigenvalue weighted by molar-refractivity contribution is 7.16. The number of carbonyl (C=O) groups is 1. The predicted octanol–water partition coefficient (Wildman–Crippen LogP) is 4.00. The van der Waals surface area contributed by atoms with E-state index in [9.17, 15) is 10.1 Å². The Morgan fingerprint density at radius 2 is 2.17 bits per heavy atom. The van der Waals surface area contributed by atoms with Crippen LogP contribution in [-0.4, -0.2) is 11.1 Å². The van der Waals surface area contributed by atoms with E-state index >= 15 is 0 Å². The van der Waals surface area contributed by atoms with Gasteiger partial charge in [-0.1, -0.05) is 18.5 Å². The molecule has 5 nitrogen and oxygen atoms in total. The average Bonchev–Trinajstić information content (AvgIpc) is 2.98. The second kappa shape index (κ2) is 6.55. The zero-order valence-electron chi connectivity index (χ0n) is 13.4. The first-order chi connectivity index (χ1) is 11.2. The van der Waals surface area contributed by atoms with Crippen LogP contribution < -0.4 is 5.32 Å². The molecular formula is C17H19N3O2S. The van der Waals surface area contributed by atoms with E-state index in [-0.39, 0.29) is 5.91 Å². The molecule has 0 bridgehead atoms. The number of thiophene rings is 1. The van der Waals surface area contributed by atoms with Crippen LogP contribution in [0.25, 0.3) is 0 Å². The molecule has 0 atom stereocenters. The highest BCUT2D eigenvalue weighted by atomic mass is 32.1. The van der Waals surface area contributed by atoms with Gasteiger partial charge in [0.05, 0.1) is 11.3 Å². The molecule has 1 N–H and O–H groups in total. The lowest BCUT2D eigenvalue weighted by Gasteiger charge is -2.04. The Hall–Kier alpha value is -2.13. The van der Waals surface area contributed by atoms with Crippen molar-refractivity contribution in [1.29, 1.82) is 5.26 Å². The van der Waals surface area contributed by atoms with E-state index in [0.29, 0.717) is 34.0 Å². The third-order valence-corrected chi connectivity index (χ3v) is 5.46. The maximum absolute atomic E-state index is 12.6. The molecule has 0 saturated carbocycles. The lowest BCUT2D eigenvalue weighted by atomic mass is 10.1. The molecule has 2 aromatic heterocycles. The van der Waals surface area contributed by atoms with Crippen LogP contribution in [0.3, 0.4) is 0 Å². The Bertz CT molecular complexity index is 783. The molecule has 0 spiro atoms. The lowest BCUT2D eigenvalue weighted by molar-refractivity contribution is 0.102. The van der Waals surface area contributed by atoms with Crippen molar-refractivity contribution in [3.8, 4) is 6.07 Å². The fourth-order valence-corrected chi connectivity index (χ4v) is 4.30. The molecule has 3 rings (SSSR count). The number of aromatic nitrogens is 1. The summed E-state index contributed by atoms with van der Waals surface area (Å²) in [5.74, 6) is 0.268. The Labute approximate surface area is 139 Å². The van der Waals surface area contributed by atoms with E-state index < -0.39 is 0 Å². The van der Waals surface area contributed by atoms with Crippen molar-refractivity contribution in [2.75, 3.05) is 5.32 Å². The normalized spacial score (nSPS) is 14.0. The fourth-order valence-electron chi connectivity index (χ4n) is 3.06. The van der Waals surface area contributed by atoms with Crippen molar-refractivity contribution in [3.63, 3.8) is 0 Å². The first kappa shape index (κ1) is 15.8. The number of carbonyl (C=O) groups excluding carboxylic acids is 1. The standard InChI is InChI=1S/C17H19N3O2S/c1-3-13-15(10(2)22-20-13)16(21)19-17-12(9-18)11-7-5-4-6-8-14(11)23-17/h3-8H2,1-2H3,(H,19,21). The molecule has 1 aliphatic rings. The van der Waals surface area contributed by atoms with E-state index in [1.807, 2.05) is 6.92 Å². The number of rotatable bonds is 3. The summed E-state index contributed by atoms with van der Waals surface area (Å²) in [6, 6.07) is 2.28. The second-order valence-corrected chi connectivity index (χ2v) is 6.85. The van der Waals surface area contributed by atoms with Crippen LogP contribution in [0.1, 0.15) is 64.0 Å². The molecule has 0 aliphatic heterocycles. The van der Waals surface area contributed by atoms with Gasteiger partial charge in [0.15, 0.2) is 0 Å². The van der Waals surface area contributed by atoms with Gasteiger partial charge in [0.25, 0.3) is 5.91 Å². The largest absolute Gasteiger partial charge is 0.361 e. The summed E-state index contributed by atoms with van der Waals surface area (Å²) >= 11 is 1.54. The molecule has 2 heterocycles. The number of fused-ring (bicyclic) bond motifs is 1. The van der Waals surface area contributed by atoms with Gasteiger partial charge < -0.3 is 9.84 Å². The Morgan fingerprint density at radius 1 is 1.39 bits per heavy atom. The van der Waals surface area contributed by atoms with Gasteiger partial charge in [0, 0.05) is 4.88 Å². The first-order valence-corrected chi connectivity index (χ1v) is 8.78. The quantitative estimate of drug-likeness (QED) is 0.863. The minimum atomic E-state index is -0.242. The first-order valence-electron chi connectivity index (χ1n) is 7.96. The van der Waals surface area contributed by atoms with Gasteiger partial charge in [-0.15, -0.1) is 11.3 Å². The van der Waals surface area contributed by atoms with Gasteiger partial charge in [-0.25, -0.2) is 0 Å². The van der Waals surface area contributed by atoms with E-state index in [1.165, 1.54) is 22.6 Å². The monoisotopic (exact) mass is 329 g/mol. The Kier molecular flexibility index (Phi) is 4.49. The molecule has 0 radical (unpaired) electrons. The average molecular weight is 329 g/mol. The summed E-state index contributed by atoms with van der Waals surface area (Å²) < 4.78 is 5.13. The summed E-state index contributed by atoms with van der Waals surface area (Å²) in [6.07, 6.45) is 6.01. The molecule has 1 amide bonds. The summed E-state index contributed by atoms with van der Waals surface area (Å²) in [5, 5.41) is 17.0. The molecular weight excluding hydrogens is 310 g/mol. The number of hydrogen-bond acceptors (Lipinski definition) is 5. The van der Waals surface area contributed by atoms with Gasteiger partial charge in [0.1, 0.15) is 22.4 Å². The van der Waals surface area contributed by atoms with Gasteiger partial charge in [-0.3, -0.25) is 4.79 Å². The molecule has 120 valence electrons. The zero-order valence-corrected chi connectivity index (χ0v) is 14.2. The Balaban J connectivity index is 1.93. The molecule has 1 aliphatic carbocycles. The smallest absolute Gasteiger partial charge is 0.261 e. The van der Waals surface area contributed by atoms with E-state index in [1.54, 1.807) is 6.92 Å². The number of hydrogen-bond donors (Lipinski definition) is 1. The zero-order chi connectivity index (χ0) is 16.4. The molecule has 6 heteroatoms. The third kappa shape index (κ3) is 2.89. The van der Waals surface area contributed by atoms with Crippen molar-refractivity contribution < 1.29 is 9.32 Å². The number of nitrogens with one attached hydrogen (secondary N) is 1. The SMILES string of the molecule is CCc1noc(C)c1C(=O)Nc1sc2c(c1C#N)CCCCC2.